The molecule has 13 heavy (non-hydrogen) atoms. The average Bonchev–Trinajstić information content (AvgIpc) is 2.17. The Morgan fingerprint density at radius 2 is 1.85 bits per heavy atom. The molecular weight excluding hydrogens is 168 g/mol. The fourth-order valence-electron chi connectivity index (χ4n) is 1.37. The second-order valence-corrected chi connectivity index (χ2v) is 3.11. The van der Waals surface area contributed by atoms with Gasteiger partial charge in [0.15, 0.2) is 17.6 Å². The van der Waals surface area contributed by atoms with Crippen molar-refractivity contribution in [2.75, 3.05) is 6.61 Å². The first-order chi connectivity index (χ1) is 6.31. The Balaban J connectivity index is 2.27. The summed E-state index contributed by atoms with van der Waals surface area (Å²) in [6, 6.07) is 7.48. The Kier molecular flexibility index (Phi) is 2.10. The zero-order valence-electron chi connectivity index (χ0n) is 7.43. The Bertz CT molecular complexity index is 298. The van der Waals surface area contributed by atoms with E-state index in [1.54, 1.807) is 0 Å². The second-order valence-electron chi connectivity index (χ2n) is 3.11. The van der Waals surface area contributed by atoms with Crippen LogP contribution in [0.25, 0.3) is 0 Å². The molecule has 3 heteroatoms. The SMILES string of the molecule is C[C@@H]1Oc2ccccc2O[C@H]1CO. The number of hydrogen-bond donors (Lipinski definition) is 1. The first-order valence-corrected chi connectivity index (χ1v) is 4.34. The standard InChI is InChI=1S/C10H12O3/c1-7-10(6-11)13-9-5-3-2-4-8(9)12-7/h2-5,7,10-11H,6H2,1H3/t7-,10-/m0/s1. The predicted molar refractivity (Wildman–Crippen MR) is 48.0 cm³/mol. The van der Waals surface area contributed by atoms with Crippen LogP contribution in [0.3, 0.4) is 0 Å². The molecule has 0 saturated heterocycles. The first kappa shape index (κ1) is 8.38. The minimum absolute atomic E-state index is 0.0184. The van der Waals surface area contributed by atoms with Gasteiger partial charge in [0.2, 0.25) is 0 Å². The van der Waals surface area contributed by atoms with Gasteiger partial charge in [-0.3, -0.25) is 0 Å². The van der Waals surface area contributed by atoms with Crippen molar-refractivity contribution in [1.82, 2.24) is 0 Å². The molecule has 0 aromatic heterocycles. The maximum atomic E-state index is 8.98. The van der Waals surface area contributed by atoms with Gasteiger partial charge in [0, 0.05) is 0 Å². The molecule has 0 amide bonds. The number of hydrogen-bond acceptors (Lipinski definition) is 3. The fourth-order valence-corrected chi connectivity index (χ4v) is 1.37. The Hall–Kier alpha value is -1.22. The van der Waals surface area contributed by atoms with Crippen LogP contribution in [0.1, 0.15) is 6.92 Å². The fraction of sp³-hybridized carbons (Fsp3) is 0.400. The smallest absolute Gasteiger partial charge is 0.161 e. The highest BCUT2D eigenvalue weighted by Gasteiger charge is 2.26. The number of aliphatic hydroxyl groups is 1. The molecule has 3 nitrogen and oxygen atoms in total. The van der Waals surface area contributed by atoms with Crippen LogP contribution < -0.4 is 9.47 Å². The van der Waals surface area contributed by atoms with Crippen LogP contribution in [0.2, 0.25) is 0 Å². The van der Waals surface area contributed by atoms with Crippen molar-refractivity contribution in [2.24, 2.45) is 0 Å². The number of benzene rings is 1. The van der Waals surface area contributed by atoms with Gasteiger partial charge < -0.3 is 14.6 Å². The zero-order chi connectivity index (χ0) is 9.26. The minimum atomic E-state index is -0.255. The van der Waals surface area contributed by atoms with Crippen LogP contribution in [0.4, 0.5) is 0 Å². The maximum absolute atomic E-state index is 8.98. The summed E-state index contributed by atoms with van der Waals surface area (Å²) in [7, 11) is 0. The van der Waals surface area contributed by atoms with Crippen molar-refractivity contribution >= 4 is 0 Å². The summed E-state index contributed by atoms with van der Waals surface area (Å²) in [6.07, 6.45) is -0.352. The van der Waals surface area contributed by atoms with E-state index in [9.17, 15) is 0 Å². The third kappa shape index (κ3) is 1.47. The molecule has 0 radical (unpaired) electrons. The van der Waals surface area contributed by atoms with E-state index < -0.39 is 0 Å². The Morgan fingerprint density at radius 1 is 1.23 bits per heavy atom. The number of ether oxygens (including phenoxy) is 2. The van der Waals surface area contributed by atoms with E-state index in [-0.39, 0.29) is 18.8 Å². The summed E-state index contributed by atoms with van der Waals surface area (Å²) in [5.41, 5.74) is 0. The van der Waals surface area contributed by atoms with Crippen LogP contribution >= 0.6 is 0 Å². The molecule has 1 aliphatic rings. The molecule has 2 rings (SSSR count). The van der Waals surface area contributed by atoms with Gasteiger partial charge in [-0.15, -0.1) is 0 Å². The summed E-state index contributed by atoms with van der Waals surface area (Å²) < 4.78 is 11.1. The lowest BCUT2D eigenvalue weighted by Crippen LogP contribution is -2.40. The molecule has 0 aliphatic carbocycles. The number of aliphatic hydroxyl groups excluding tert-OH is 1. The third-order valence-corrected chi connectivity index (χ3v) is 2.14. The molecule has 1 aromatic carbocycles. The van der Waals surface area contributed by atoms with Gasteiger partial charge in [0.25, 0.3) is 0 Å². The number of rotatable bonds is 1. The summed E-state index contributed by atoms with van der Waals surface area (Å²) in [5, 5.41) is 8.98. The average molecular weight is 180 g/mol. The predicted octanol–water partition coefficient (Wildman–Crippen LogP) is 1.21. The van der Waals surface area contributed by atoms with E-state index in [1.807, 2.05) is 31.2 Å². The highest BCUT2D eigenvalue weighted by atomic mass is 16.6. The van der Waals surface area contributed by atoms with Gasteiger partial charge in [-0.25, -0.2) is 0 Å². The van der Waals surface area contributed by atoms with Crippen molar-refractivity contribution in [3.63, 3.8) is 0 Å². The molecule has 1 aromatic rings. The third-order valence-electron chi connectivity index (χ3n) is 2.14. The summed E-state index contributed by atoms with van der Waals surface area (Å²) in [5.74, 6) is 1.46. The lowest BCUT2D eigenvalue weighted by molar-refractivity contribution is -0.00186. The van der Waals surface area contributed by atoms with E-state index in [0.29, 0.717) is 5.75 Å². The molecule has 0 spiro atoms. The molecule has 2 atom stereocenters. The summed E-state index contributed by atoms with van der Waals surface area (Å²) >= 11 is 0. The monoisotopic (exact) mass is 180 g/mol. The van der Waals surface area contributed by atoms with Crippen LogP contribution in [0.5, 0.6) is 11.5 Å². The van der Waals surface area contributed by atoms with Crippen LogP contribution in [-0.2, 0) is 0 Å². The van der Waals surface area contributed by atoms with E-state index in [0.717, 1.165) is 5.75 Å². The molecule has 0 bridgehead atoms. The molecule has 0 fully saturated rings. The lowest BCUT2D eigenvalue weighted by atomic mass is 10.2. The van der Waals surface area contributed by atoms with Gasteiger partial charge in [-0.05, 0) is 19.1 Å². The Morgan fingerprint density at radius 3 is 2.46 bits per heavy atom. The van der Waals surface area contributed by atoms with Gasteiger partial charge in [0.1, 0.15) is 6.10 Å². The van der Waals surface area contributed by atoms with Crippen LogP contribution in [0, 0.1) is 0 Å². The topological polar surface area (TPSA) is 38.7 Å². The quantitative estimate of drug-likeness (QED) is 0.706. The lowest BCUT2D eigenvalue weighted by Gasteiger charge is -2.30. The molecule has 1 N–H and O–H groups in total. The van der Waals surface area contributed by atoms with Gasteiger partial charge in [0.05, 0.1) is 6.61 Å². The second kappa shape index (κ2) is 3.26. The molecule has 1 heterocycles. The summed E-state index contributed by atoms with van der Waals surface area (Å²) in [4.78, 5) is 0. The van der Waals surface area contributed by atoms with Crippen LogP contribution in [0.15, 0.2) is 24.3 Å². The molecule has 1 aliphatic heterocycles. The van der Waals surface area contributed by atoms with Gasteiger partial charge in [-0.1, -0.05) is 12.1 Å². The molecule has 70 valence electrons. The van der Waals surface area contributed by atoms with Crippen molar-refractivity contribution in [1.29, 1.82) is 0 Å². The molecule has 0 saturated carbocycles. The molecular formula is C10H12O3. The zero-order valence-corrected chi connectivity index (χ0v) is 7.43. The highest BCUT2D eigenvalue weighted by molar-refractivity contribution is 5.41. The van der Waals surface area contributed by atoms with Crippen LogP contribution in [-0.4, -0.2) is 23.9 Å². The van der Waals surface area contributed by atoms with Crippen molar-refractivity contribution < 1.29 is 14.6 Å². The number of para-hydroxylation sites is 2. The van der Waals surface area contributed by atoms with Gasteiger partial charge >= 0.3 is 0 Å². The number of fused-ring (bicyclic) bond motifs is 1. The Labute approximate surface area is 76.9 Å². The summed E-state index contributed by atoms with van der Waals surface area (Å²) in [6.45, 7) is 1.87. The van der Waals surface area contributed by atoms with Crippen molar-refractivity contribution in [3.8, 4) is 11.5 Å². The van der Waals surface area contributed by atoms with Gasteiger partial charge in [-0.2, -0.15) is 0 Å². The van der Waals surface area contributed by atoms with Crippen molar-refractivity contribution in [3.05, 3.63) is 24.3 Å². The van der Waals surface area contributed by atoms with E-state index in [2.05, 4.69) is 0 Å². The normalized spacial score (nSPS) is 25.7. The molecule has 0 unspecified atom stereocenters. The van der Waals surface area contributed by atoms with Crippen molar-refractivity contribution in [2.45, 2.75) is 19.1 Å². The van der Waals surface area contributed by atoms with E-state index in [1.165, 1.54) is 0 Å². The highest BCUT2D eigenvalue weighted by Crippen LogP contribution is 2.33. The van der Waals surface area contributed by atoms with E-state index in [4.69, 9.17) is 14.6 Å². The van der Waals surface area contributed by atoms with E-state index >= 15 is 0 Å². The maximum Gasteiger partial charge on any atom is 0.161 e. The minimum Gasteiger partial charge on any atom is -0.483 e. The first-order valence-electron chi connectivity index (χ1n) is 4.34. The largest absolute Gasteiger partial charge is 0.483 e.